The minimum atomic E-state index is -0.550. The number of anilines is 1. The molecule has 1 aromatic carbocycles. The molecule has 0 bridgehead atoms. The summed E-state index contributed by atoms with van der Waals surface area (Å²) in [6, 6.07) is 2.48. The van der Waals surface area contributed by atoms with Gasteiger partial charge in [-0.25, -0.2) is 8.78 Å². The first-order valence-electron chi connectivity index (χ1n) is 7.07. The maximum atomic E-state index is 14.2. The zero-order valence-electron chi connectivity index (χ0n) is 11.7. The fourth-order valence-electron chi connectivity index (χ4n) is 3.16. The lowest BCUT2D eigenvalue weighted by Gasteiger charge is -2.47. The van der Waals surface area contributed by atoms with Crippen LogP contribution in [0.1, 0.15) is 26.7 Å². The Hall–Kier alpha value is -0.680. The van der Waals surface area contributed by atoms with E-state index in [2.05, 4.69) is 40.0 Å². The lowest BCUT2D eigenvalue weighted by molar-refractivity contribution is 0.259. The Morgan fingerprint density at radius 2 is 2.05 bits per heavy atom. The van der Waals surface area contributed by atoms with Crippen molar-refractivity contribution in [2.24, 2.45) is 5.92 Å². The maximum Gasteiger partial charge on any atom is 0.150 e. The summed E-state index contributed by atoms with van der Waals surface area (Å²) in [6.07, 6.45) is 2.47. The molecule has 1 saturated heterocycles. The maximum absolute atomic E-state index is 14.2. The van der Waals surface area contributed by atoms with Gasteiger partial charge in [0.25, 0.3) is 0 Å². The van der Waals surface area contributed by atoms with Crippen molar-refractivity contribution in [3.8, 4) is 0 Å². The molecule has 0 radical (unpaired) electrons. The van der Waals surface area contributed by atoms with Crippen LogP contribution in [0.4, 0.5) is 14.5 Å². The summed E-state index contributed by atoms with van der Waals surface area (Å²) in [5.41, 5.74) is 0.500. The molecular weight excluding hydrogens is 326 g/mol. The highest BCUT2D eigenvalue weighted by molar-refractivity contribution is 9.10. The lowest BCUT2D eigenvalue weighted by atomic mass is 9.91. The van der Waals surface area contributed by atoms with Gasteiger partial charge in [-0.1, -0.05) is 0 Å². The van der Waals surface area contributed by atoms with E-state index in [1.165, 1.54) is 18.9 Å². The summed E-state index contributed by atoms with van der Waals surface area (Å²) in [5, 5.41) is 3.60. The number of halogens is 3. The standard InChI is InChI=1S/C15H19BrF2N2/c1-9-7-19-15(2,10-3-4-10)8-20(9)14-12(16)5-11(17)6-13(14)18/h5-6,9-10,19H,3-4,7-8H2,1-2H3. The quantitative estimate of drug-likeness (QED) is 0.879. The molecule has 1 aliphatic heterocycles. The number of nitrogens with one attached hydrogen (secondary N) is 1. The molecule has 0 amide bonds. The number of hydrogen-bond donors (Lipinski definition) is 1. The molecule has 0 spiro atoms. The smallest absolute Gasteiger partial charge is 0.150 e. The minimum Gasteiger partial charge on any atom is -0.362 e. The van der Waals surface area contributed by atoms with Gasteiger partial charge in [0, 0.05) is 35.2 Å². The second kappa shape index (κ2) is 4.95. The van der Waals surface area contributed by atoms with E-state index in [4.69, 9.17) is 0 Å². The largest absolute Gasteiger partial charge is 0.362 e. The van der Waals surface area contributed by atoms with E-state index >= 15 is 0 Å². The molecule has 2 atom stereocenters. The van der Waals surface area contributed by atoms with Gasteiger partial charge in [-0.2, -0.15) is 0 Å². The Balaban J connectivity index is 1.95. The molecule has 1 aromatic rings. The van der Waals surface area contributed by atoms with E-state index in [0.717, 1.165) is 19.2 Å². The monoisotopic (exact) mass is 344 g/mol. The van der Waals surface area contributed by atoms with Gasteiger partial charge in [0.2, 0.25) is 0 Å². The number of rotatable bonds is 2. The molecule has 1 N–H and O–H groups in total. The van der Waals surface area contributed by atoms with E-state index in [1.807, 2.05) is 0 Å². The fraction of sp³-hybridized carbons (Fsp3) is 0.600. The van der Waals surface area contributed by atoms with Crippen LogP contribution in [0.15, 0.2) is 16.6 Å². The van der Waals surface area contributed by atoms with Crippen LogP contribution in [0.25, 0.3) is 0 Å². The van der Waals surface area contributed by atoms with Crippen LogP contribution in [0.3, 0.4) is 0 Å². The number of benzene rings is 1. The van der Waals surface area contributed by atoms with E-state index < -0.39 is 11.6 Å². The molecule has 3 rings (SSSR count). The van der Waals surface area contributed by atoms with Crippen molar-refractivity contribution in [2.75, 3.05) is 18.0 Å². The van der Waals surface area contributed by atoms with Crippen LogP contribution in [0, 0.1) is 17.6 Å². The van der Waals surface area contributed by atoms with Crippen molar-refractivity contribution in [3.05, 3.63) is 28.2 Å². The van der Waals surface area contributed by atoms with Gasteiger partial charge in [0.1, 0.15) is 5.82 Å². The molecule has 1 saturated carbocycles. The Morgan fingerprint density at radius 3 is 2.65 bits per heavy atom. The fourth-order valence-corrected chi connectivity index (χ4v) is 3.79. The van der Waals surface area contributed by atoms with Gasteiger partial charge < -0.3 is 10.2 Å². The van der Waals surface area contributed by atoms with Crippen LogP contribution in [-0.4, -0.2) is 24.7 Å². The molecule has 1 heterocycles. The van der Waals surface area contributed by atoms with E-state index in [-0.39, 0.29) is 11.6 Å². The molecule has 1 aliphatic carbocycles. The number of hydrogen-bond acceptors (Lipinski definition) is 2. The van der Waals surface area contributed by atoms with Crippen molar-refractivity contribution in [2.45, 2.75) is 38.3 Å². The van der Waals surface area contributed by atoms with Crippen LogP contribution in [-0.2, 0) is 0 Å². The second-order valence-electron chi connectivity index (χ2n) is 6.27. The van der Waals surface area contributed by atoms with Gasteiger partial charge in [-0.15, -0.1) is 0 Å². The molecular formula is C15H19BrF2N2. The van der Waals surface area contributed by atoms with Crippen LogP contribution in [0.5, 0.6) is 0 Å². The van der Waals surface area contributed by atoms with Crippen molar-refractivity contribution >= 4 is 21.6 Å². The third kappa shape index (κ3) is 2.46. The predicted molar refractivity (Wildman–Crippen MR) is 80.0 cm³/mol. The summed E-state index contributed by atoms with van der Waals surface area (Å²) in [7, 11) is 0. The molecule has 2 aliphatic rings. The molecule has 2 nitrogen and oxygen atoms in total. The van der Waals surface area contributed by atoms with Gasteiger partial charge in [0.05, 0.1) is 5.69 Å². The first kappa shape index (κ1) is 14.3. The molecule has 110 valence electrons. The topological polar surface area (TPSA) is 15.3 Å². The molecule has 5 heteroatoms. The Labute approximate surface area is 126 Å². The van der Waals surface area contributed by atoms with Gasteiger partial charge >= 0.3 is 0 Å². The van der Waals surface area contributed by atoms with Crippen molar-refractivity contribution in [1.82, 2.24) is 5.32 Å². The molecule has 2 fully saturated rings. The average molecular weight is 345 g/mol. The summed E-state index contributed by atoms with van der Waals surface area (Å²) < 4.78 is 28.0. The third-order valence-corrected chi connectivity index (χ3v) is 5.18. The Morgan fingerprint density at radius 1 is 1.35 bits per heavy atom. The lowest BCUT2D eigenvalue weighted by Crippen LogP contribution is -2.63. The Kier molecular flexibility index (Phi) is 3.53. The van der Waals surface area contributed by atoms with Gasteiger partial charge in [-0.05, 0) is 54.6 Å². The van der Waals surface area contributed by atoms with Crippen LogP contribution >= 0.6 is 15.9 Å². The minimum absolute atomic E-state index is 0.0206. The predicted octanol–water partition coefficient (Wildman–Crippen LogP) is 3.69. The normalized spacial score (nSPS) is 30.6. The van der Waals surface area contributed by atoms with E-state index in [1.54, 1.807) is 0 Å². The first-order chi connectivity index (χ1) is 9.40. The first-order valence-corrected chi connectivity index (χ1v) is 7.86. The van der Waals surface area contributed by atoms with Crippen molar-refractivity contribution < 1.29 is 8.78 Å². The summed E-state index contributed by atoms with van der Waals surface area (Å²) in [6.45, 7) is 5.84. The molecule has 2 unspecified atom stereocenters. The zero-order valence-corrected chi connectivity index (χ0v) is 13.3. The van der Waals surface area contributed by atoms with Crippen molar-refractivity contribution in [1.29, 1.82) is 0 Å². The number of nitrogens with zero attached hydrogens (tertiary/aromatic N) is 1. The van der Waals surface area contributed by atoms with Gasteiger partial charge in [0.15, 0.2) is 5.82 Å². The third-order valence-electron chi connectivity index (χ3n) is 4.58. The highest BCUT2D eigenvalue weighted by Crippen LogP contribution is 2.43. The van der Waals surface area contributed by atoms with Crippen LogP contribution in [0.2, 0.25) is 0 Å². The van der Waals surface area contributed by atoms with E-state index in [9.17, 15) is 8.78 Å². The van der Waals surface area contributed by atoms with E-state index in [0.29, 0.717) is 16.1 Å². The number of piperazine rings is 1. The summed E-state index contributed by atoms with van der Waals surface area (Å²) in [5.74, 6) is -0.380. The summed E-state index contributed by atoms with van der Waals surface area (Å²) in [4.78, 5) is 2.06. The highest BCUT2D eigenvalue weighted by atomic mass is 79.9. The van der Waals surface area contributed by atoms with Crippen molar-refractivity contribution in [3.63, 3.8) is 0 Å². The SMILES string of the molecule is CC1CNC(C)(C2CC2)CN1c1c(F)cc(F)cc1Br. The molecule has 0 aromatic heterocycles. The Bertz CT molecular complexity index is 510. The van der Waals surface area contributed by atoms with Gasteiger partial charge in [-0.3, -0.25) is 0 Å². The zero-order chi connectivity index (χ0) is 14.5. The highest BCUT2D eigenvalue weighted by Gasteiger charge is 2.46. The summed E-state index contributed by atoms with van der Waals surface area (Å²) >= 11 is 3.31. The average Bonchev–Trinajstić information content (AvgIpc) is 3.17. The second-order valence-corrected chi connectivity index (χ2v) is 7.12. The van der Waals surface area contributed by atoms with Crippen LogP contribution < -0.4 is 10.2 Å². The molecule has 20 heavy (non-hydrogen) atoms.